The zero-order valence-corrected chi connectivity index (χ0v) is 12.4. The molecule has 0 aromatic rings. The zero-order chi connectivity index (χ0) is 15.3. The van der Waals surface area contributed by atoms with Crippen LogP contribution in [-0.2, 0) is 14.4 Å². The molecule has 2 amide bonds. The highest BCUT2D eigenvalue weighted by atomic mass is 16.4. The van der Waals surface area contributed by atoms with E-state index in [9.17, 15) is 19.5 Å². The molecule has 1 unspecified atom stereocenters. The Morgan fingerprint density at radius 2 is 1.85 bits per heavy atom. The lowest BCUT2D eigenvalue weighted by molar-refractivity contribution is -0.155. The molecule has 1 saturated heterocycles. The lowest BCUT2D eigenvalue weighted by Gasteiger charge is -2.39. The van der Waals surface area contributed by atoms with Crippen LogP contribution in [0.4, 0.5) is 0 Å². The number of aliphatic carboxylic acids is 1. The van der Waals surface area contributed by atoms with E-state index in [0.29, 0.717) is 32.4 Å². The van der Waals surface area contributed by atoms with Gasteiger partial charge in [-0.15, -0.1) is 0 Å². The summed E-state index contributed by atoms with van der Waals surface area (Å²) in [5.41, 5.74) is -0.692. The number of carbonyl (C=O) groups excluding carboxylic acids is 2. The molecule has 1 heterocycles. The Labute approximate surface area is 119 Å². The molecule has 0 radical (unpaired) electrons. The second kappa shape index (κ2) is 6.72. The highest BCUT2D eigenvalue weighted by Gasteiger charge is 2.41. The predicted octanol–water partition coefficient (Wildman–Crippen LogP) is 1.00. The molecule has 0 aromatic heterocycles. The summed E-state index contributed by atoms with van der Waals surface area (Å²) in [6, 6.07) is -0.559. The van der Waals surface area contributed by atoms with Crippen LogP contribution in [0, 0.1) is 5.41 Å². The Hall–Kier alpha value is -1.59. The van der Waals surface area contributed by atoms with Crippen molar-refractivity contribution in [3.8, 4) is 0 Å². The number of carbonyl (C=O) groups is 3. The Bertz CT molecular complexity index is 387. The molecule has 0 bridgehead atoms. The minimum absolute atomic E-state index is 0.143. The number of carboxylic acids is 1. The van der Waals surface area contributed by atoms with Gasteiger partial charge in [-0.3, -0.25) is 14.4 Å². The van der Waals surface area contributed by atoms with E-state index < -0.39 is 17.4 Å². The first-order valence-corrected chi connectivity index (χ1v) is 7.11. The number of amides is 2. The van der Waals surface area contributed by atoms with Crippen molar-refractivity contribution in [2.24, 2.45) is 5.41 Å². The van der Waals surface area contributed by atoms with Gasteiger partial charge in [-0.1, -0.05) is 13.3 Å². The molecule has 1 fully saturated rings. The van der Waals surface area contributed by atoms with Gasteiger partial charge in [0.1, 0.15) is 6.04 Å². The Morgan fingerprint density at radius 3 is 2.25 bits per heavy atom. The van der Waals surface area contributed by atoms with Crippen molar-refractivity contribution in [3.63, 3.8) is 0 Å². The lowest BCUT2D eigenvalue weighted by Crippen LogP contribution is -2.52. The second-order valence-electron chi connectivity index (χ2n) is 5.58. The first kappa shape index (κ1) is 16.5. The van der Waals surface area contributed by atoms with Crippen LogP contribution in [0.2, 0.25) is 0 Å². The van der Waals surface area contributed by atoms with E-state index in [-0.39, 0.29) is 11.8 Å². The van der Waals surface area contributed by atoms with Crippen molar-refractivity contribution in [1.82, 2.24) is 10.2 Å². The van der Waals surface area contributed by atoms with E-state index in [1.54, 1.807) is 11.8 Å². The number of piperidine rings is 1. The SMILES string of the molecule is CCCC1(C(=O)O)CCN(C(=O)C(C)NC(C)=O)CC1. The van der Waals surface area contributed by atoms with Crippen molar-refractivity contribution in [2.45, 2.75) is 52.5 Å². The third kappa shape index (κ3) is 3.71. The van der Waals surface area contributed by atoms with Gasteiger partial charge in [0, 0.05) is 20.0 Å². The molecule has 0 saturated carbocycles. The number of nitrogens with one attached hydrogen (secondary N) is 1. The third-order valence-corrected chi connectivity index (χ3v) is 4.00. The van der Waals surface area contributed by atoms with E-state index >= 15 is 0 Å². The Balaban J connectivity index is 2.62. The zero-order valence-electron chi connectivity index (χ0n) is 12.4. The van der Waals surface area contributed by atoms with Crippen molar-refractivity contribution in [2.75, 3.05) is 13.1 Å². The monoisotopic (exact) mass is 284 g/mol. The van der Waals surface area contributed by atoms with Gasteiger partial charge in [0.2, 0.25) is 11.8 Å². The maximum Gasteiger partial charge on any atom is 0.309 e. The fourth-order valence-corrected chi connectivity index (χ4v) is 2.84. The summed E-state index contributed by atoms with van der Waals surface area (Å²) in [6.07, 6.45) is 2.43. The summed E-state index contributed by atoms with van der Waals surface area (Å²) in [6.45, 7) is 5.87. The molecular weight excluding hydrogens is 260 g/mol. The van der Waals surface area contributed by atoms with Crippen LogP contribution in [0.25, 0.3) is 0 Å². The predicted molar refractivity (Wildman–Crippen MR) is 74.1 cm³/mol. The van der Waals surface area contributed by atoms with Gasteiger partial charge in [0.05, 0.1) is 5.41 Å². The summed E-state index contributed by atoms with van der Waals surface area (Å²) >= 11 is 0. The lowest BCUT2D eigenvalue weighted by atomic mass is 9.75. The summed E-state index contributed by atoms with van der Waals surface area (Å²) in [5, 5.41) is 12.0. The largest absolute Gasteiger partial charge is 0.481 e. The van der Waals surface area contributed by atoms with E-state index in [4.69, 9.17) is 0 Å². The Kier molecular flexibility index (Phi) is 5.53. The maximum absolute atomic E-state index is 12.1. The number of carboxylic acid groups (broad SMARTS) is 1. The topological polar surface area (TPSA) is 86.7 Å². The van der Waals surface area contributed by atoms with Crippen LogP contribution in [0.5, 0.6) is 0 Å². The van der Waals surface area contributed by atoms with E-state index in [1.165, 1.54) is 6.92 Å². The summed E-state index contributed by atoms with van der Waals surface area (Å²) < 4.78 is 0. The van der Waals surface area contributed by atoms with Gasteiger partial charge in [0.15, 0.2) is 0 Å². The number of rotatable bonds is 5. The van der Waals surface area contributed by atoms with Crippen LogP contribution in [0.3, 0.4) is 0 Å². The number of nitrogens with zero attached hydrogens (tertiary/aromatic N) is 1. The number of hydrogen-bond acceptors (Lipinski definition) is 3. The minimum Gasteiger partial charge on any atom is -0.481 e. The highest BCUT2D eigenvalue weighted by Crippen LogP contribution is 2.36. The number of likely N-dealkylation sites (tertiary alicyclic amines) is 1. The fraction of sp³-hybridized carbons (Fsp3) is 0.786. The van der Waals surface area contributed by atoms with E-state index in [0.717, 1.165) is 6.42 Å². The molecule has 6 nitrogen and oxygen atoms in total. The first-order valence-electron chi connectivity index (χ1n) is 7.11. The van der Waals surface area contributed by atoms with Gasteiger partial charge in [-0.2, -0.15) is 0 Å². The van der Waals surface area contributed by atoms with Gasteiger partial charge in [-0.05, 0) is 26.2 Å². The molecule has 1 aliphatic rings. The molecule has 1 atom stereocenters. The van der Waals surface area contributed by atoms with Gasteiger partial charge < -0.3 is 15.3 Å². The molecule has 0 aromatic carbocycles. The van der Waals surface area contributed by atoms with Crippen LogP contribution < -0.4 is 5.32 Å². The van der Waals surface area contributed by atoms with Crippen LogP contribution in [-0.4, -0.2) is 46.9 Å². The maximum atomic E-state index is 12.1. The van der Waals surface area contributed by atoms with Crippen LogP contribution >= 0.6 is 0 Å². The molecule has 20 heavy (non-hydrogen) atoms. The molecule has 6 heteroatoms. The second-order valence-corrected chi connectivity index (χ2v) is 5.58. The summed E-state index contributed by atoms with van der Waals surface area (Å²) in [4.78, 5) is 36.2. The fourth-order valence-electron chi connectivity index (χ4n) is 2.84. The van der Waals surface area contributed by atoms with Crippen molar-refractivity contribution in [3.05, 3.63) is 0 Å². The van der Waals surface area contributed by atoms with Gasteiger partial charge >= 0.3 is 5.97 Å². The quantitative estimate of drug-likeness (QED) is 0.788. The third-order valence-electron chi connectivity index (χ3n) is 4.00. The average Bonchev–Trinajstić information content (AvgIpc) is 2.38. The van der Waals surface area contributed by atoms with Gasteiger partial charge in [-0.25, -0.2) is 0 Å². The molecule has 0 spiro atoms. The molecule has 1 aliphatic heterocycles. The van der Waals surface area contributed by atoms with Gasteiger partial charge in [0.25, 0.3) is 0 Å². The van der Waals surface area contributed by atoms with Crippen LogP contribution in [0.15, 0.2) is 0 Å². The average molecular weight is 284 g/mol. The molecular formula is C14H24N2O4. The van der Waals surface area contributed by atoms with Crippen molar-refractivity contribution < 1.29 is 19.5 Å². The molecule has 1 rings (SSSR count). The normalized spacial score (nSPS) is 19.2. The van der Waals surface area contributed by atoms with E-state index in [2.05, 4.69) is 5.32 Å². The molecule has 0 aliphatic carbocycles. The van der Waals surface area contributed by atoms with Crippen LogP contribution in [0.1, 0.15) is 46.5 Å². The van der Waals surface area contributed by atoms with Crippen molar-refractivity contribution >= 4 is 17.8 Å². The summed E-state index contributed by atoms with van der Waals surface area (Å²) in [7, 11) is 0. The molecule has 114 valence electrons. The number of hydrogen-bond donors (Lipinski definition) is 2. The first-order chi connectivity index (χ1) is 9.32. The van der Waals surface area contributed by atoms with Crippen molar-refractivity contribution in [1.29, 1.82) is 0 Å². The highest BCUT2D eigenvalue weighted by molar-refractivity contribution is 5.86. The minimum atomic E-state index is -0.763. The summed E-state index contributed by atoms with van der Waals surface area (Å²) in [5.74, 6) is -1.15. The standard InChI is InChI=1S/C14H24N2O4/c1-4-5-14(13(19)20)6-8-16(9-7-14)12(18)10(2)15-11(3)17/h10H,4-9H2,1-3H3,(H,15,17)(H,19,20). The molecule has 2 N–H and O–H groups in total. The van der Waals surface area contributed by atoms with E-state index in [1.807, 2.05) is 6.92 Å². The Morgan fingerprint density at radius 1 is 1.30 bits per heavy atom. The smallest absolute Gasteiger partial charge is 0.309 e.